The quantitative estimate of drug-likeness (QED) is 0.0559. The number of allylic oxidation sites excluding steroid dienone is 2. The number of imide groups is 2. The second-order valence-electron chi connectivity index (χ2n) is 14.5. The lowest BCUT2D eigenvalue weighted by Crippen LogP contribution is -2.60. The summed E-state index contributed by atoms with van der Waals surface area (Å²) in [7, 11) is 3.18. The Hall–Kier alpha value is -5.10. The third kappa shape index (κ3) is 6.22. The van der Waals surface area contributed by atoms with E-state index in [-0.39, 0.29) is 42.1 Å². The predicted molar refractivity (Wildman–Crippen MR) is 220 cm³/mol. The van der Waals surface area contributed by atoms with Crippen LogP contribution in [0.1, 0.15) is 41.0 Å². The van der Waals surface area contributed by atoms with Gasteiger partial charge < -0.3 is 19.3 Å². The monoisotopic (exact) mass is 870 g/mol. The topological polar surface area (TPSA) is 123 Å². The zero-order valence-corrected chi connectivity index (χ0v) is 34.0. The number of carbonyl (C=O) groups is 4. The number of likely N-dealkylation sites (tertiary alicyclic amines) is 1. The van der Waals surface area contributed by atoms with Gasteiger partial charge >= 0.3 is 0 Å². The number of aromatic hydroxyl groups is 1. The van der Waals surface area contributed by atoms with Gasteiger partial charge in [0, 0.05) is 23.1 Å². The van der Waals surface area contributed by atoms with Crippen LogP contribution in [0.2, 0.25) is 0 Å². The molecule has 4 aromatic rings. The second kappa shape index (κ2) is 15.0. The number of alkyl halides is 3. The number of hydrogen-bond acceptors (Lipinski definition) is 8. The van der Waals surface area contributed by atoms with Gasteiger partial charge in [0.2, 0.25) is 11.8 Å². The number of nitrogens with zero attached hydrogens (tertiary/aromatic N) is 2. The van der Waals surface area contributed by atoms with Gasteiger partial charge in [-0.05, 0) is 66.3 Å². The van der Waals surface area contributed by atoms with E-state index >= 15 is 0 Å². The minimum Gasteiger partial charge on any atom is -0.508 e. The Labute approximate surface area is 347 Å². The molecule has 1 N–H and O–H groups in total. The SMILES string of the molecule is COc1ccc(OC)c(C=Cc2ccc(N3C(=O)C4CC=C5C(CC6(Cl)C(=O)N(CBr)C(=O)C6(Cl)C5c5ccc(OCc6ccccc6)cc5O)C4C3=O)cc2)c1. The highest BCUT2D eigenvalue weighted by molar-refractivity contribution is 9.09. The molecule has 2 saturated heterocycles. The van der Waals surface area contributed by atoms with E-state index in [2.05, 4.69) is 15.9 Å². The maximum Gasteiger partial charge on any atom is 0.254 e. The van der Waals surface area contributed by atoms with Gasteiger partial charge in [0.15, 0.2) is 9.75 Å². The molecule has 4 aromatic carbocycles. The molecule has 8 rings (SSSR count). The molecule has 4 aliphatic rings. The fourth-order valence-electron chi connectivity index (χ4n) is 8.84. The lowest BCUT2D eigenvalue weighted by molar-refractivity contribution is -0.138. The van der Waals surface area contributed by atoms with Crippen LogP contribution in [-0.4, -0.2) is 63.1 Å². The number of methoxy groups -OCH3 is 2. The highest BCUT2D eigenvalue weighted by Gasteiger charge is 2.76. The van der Waals surface area contributed by atoms with Gasteiger partial charge in [-0.3, -0.25) is 29.0 Å². The van der Waals surface area contributed by atoms with Crippen molar-refractivity contribution in [2.75, 3.05) is 24.6 Å². The van der Waals surface area contributed by atoms with E-state index in [4.69, 9.17) is 37.4 Å². The number of anilines is 1. The third-order valence-electron chi connectivity index (χ3n) is 11.6. The van der Waals surface area contributed by atoms with Crippen molar-refractivity contribution in [2.24, 2.45) is 17.8 Å². The van der Waals surface area contributed by atoms with Gasteiger partial charge in [-0.2, -0.15) is 0 Å². The Morgan fingerprint density at radius 3 is 2.26 bits per heavy atom. The summed E-state index contributed by atoms with van der Waals surface area (Å²) in [6, 6.07) is 26.8. The number of hydrogen-bond donors (Lipinski definition) is 1. The summed E-state index contributed by atoms with van der Waals surface area (Å²) in [6.45, 7) is 0.251. The number of halogens is 3. The zero-order chi connectivity index (χ0) is 40.2. The molecule has 3 fully saturated rings. The van der Waals surface area contributed by atoms with Crippen LogP contribution in [-0.2, 0) is 25.8 Å². The first-order valence-corrected chi connectivity index (χ1v) is 20.2. The van der Waals surface area contributed by atoms with Crippen molar-refractivity contribution in [1.82, 2.24) is 4.90 Å². The number of rotatable bonds is 10. The number of phenols is 1. The number of ether oxygens (including phenoxy) is 3. The summed E-state index contributed by atoms with van der Waals surface area (Å²) < 4.78 is 16.8. The highest BCUT2D eigenvalue weighted by Crippen LogP contribution is 2.66. The van der Waals surface area contributed by atoms with Gasteiger partial charge in [-0.15, -0.1) is 23.2 Å². The first kappa shape index (κ1) is 38.8. The molecule has 2 aliphatic heterocycles. The van der Waals surface area contributed by atoms with E-state index in [0.29, 0.717) is 28.5 Å². The molecular formula is C44H37BrCl2N2O8. The molecule has 0 radical (unpaired) electrons. The molecular weight excluding hydrogens is 835 g/mol. The molecule has 0 spiro atoms. The first-order chi connectivity index (χ1) is 27.4. The van der Waals surface area contributed by atoms with Gasteiger partial charge in [-0.25, -0.2) is 0 Å². The minimum absolute atomic E-state index is 0.155. The van der Waals surface area contributed by atoms with Crippen LogP contribution < -0.4 is 19.1 Å². The molecule has 292 valence electrons. The molecule has 6 atom stereocenters. The summed E-state index contributed by atoms with van der Waals surface area (Å²) in [5.74, 6) is -4.23. The Kier molecular flexibility index (Phi) is 10.2. The molecule has 57 heavy (non-hydrogen) atoms. The van der Waals surface area contributed by atoms with Gasteiger partial charge in [0.25, 0.3) is 11.8 Å². The number of phenolic OH excluding ortho intramolecular Hbond substituents is 1. The van der Waals surface area contributed by atoms with Gasteiger partial charge in [-0.1, -0.05) is 88.3 Å². The first-order valence-electron chi connectivity index (χ1n) is 18.3. The molecule has 0 aromatic heterocycles. The van der Waals surface area contributed by atoms with Gasteiger partial charge in [0.1, 0.15) is 29.6 Å². The fourth-order valence-corrected chi connectivity index (χ4v) is 10.3. The standard InChI is InChI=1S/C44H37BrCl2N2O8/c1-55-29-15-19-36(56-2)27(20-29)11-8-25-9-12-28(13-10-25)49-39(51)33-18-17-31-34(37(33)40(49)52)22-43(46)41(53)48(24-45)42(54)44(43,47)38(31)32-16-14-30(21-35(32)50)57-23-26-6-4-3-5-7-26/h3-17,19-21,33-34,37-38,50H,18,22-24H2,1-2H3. The minimum atomic E-state index is -2.05. The van der Waals surface area contributed by atoms with Crippen molar-refractivity contribution in [3.63, 3.8) is 0 Å². The predicted octanol–water partition coefficient (Wildman–Crippen LogP) is 8.07. The summed E-state index contributed by atoms with van der Waals surface area (Å²) in [4.78, 5) is 55.0. The average Bonchev–Trinajstić information content (AvgIpc) is 3.56. The number of carbonyl (C=O) groups excluding carboxylic acids is 4. The van der Waals surface area contributed by atoms with Crippen LogP contribution in [0.25, 0.3) is 12.2 Å². The zero-order valence-electron chi connectivity index (χ0n) is 30.9. The third-order valence-corrected chi connectivity index (χ3v) is 13.5. The maximum atomic E-state index is 14.5. The molecule has 10 nitrogen and oxygen atoms in total. The van der Waals surface area contributed by atoms with Gasteiger partial charge in [0.05, 0.1) is 37.2 Å². The van der Waals surface area contributed by atoms with E-state index in [1.807, 2.05) is 78.9 Å². The van der Waals surface area contributed by atoms with Crippen LogP contribution in [0.15, 0.2) is 103 Å². The summed E-state index contributed by atoms with van der Waals surface area (Å²) in [6.07, 6.45) is 5.62. The molecule has 13 heteroatoms. The van der Waals surface area contributed by atoms with E-state index in [1.54, 1.807) is 38.5 Å². The summed E-state index contributed by atoms with van der Waals surface area (Å²) in [5, 5.41) is 11.6. The second-order valence-corrected chi connectivity index (χ2v) is 16.3. The van der Waals surface area contributed by atoms with Crippen LogP contribution >= 0.6 is 39.1 Å². The normalized spacial score (nSPS) is 26.6. The van der Waals surface area contributed by atoms with Crippen molar-refractivity contribution < 1.29 is 38.5 Å². The molecule has 1 saturated carbocycles. The maximum absolute atomic E-state index is 14.5. The van der Waals surface area contributed by atoms with Crippen LogP contribution in [0.4, 0.5) is 5.69 Å². The Balaban J connectivity index is 1.12. The fraction of sp³-hybridized carbons (Fsp3) is 0.273. The molecule has 4 amide bonds. The van der Waals surface area contributed by atoms with E-state index < -0.39 is 51.1 Å². The van der Waals surface area contributed by atoms with Crippen LogP contribution in [0.5, 0.6) is 23.0 Å². The van der Waals surface area contributed by atoms with Crippen molar-refractivity contribution in [1.29, 1.82) is 0 Å². The number of fused-ring (bicyclic) bond motifs is 4. The highest BCUT2D eigenvalue weighted by atomic mass is 79.9. The number of benzene rings is 4. The number of amides is 4. The van der Waals surface area contributed by atoms with E-state index in [0.717, 1.165) is 21.6 Å². The smallest absolute Gasteiger partial charge is 0.254 e. The van der Waals surface area contributed by atoms with Crippen molar-refractivity contribution >= 4 is 80.6 Å². The lowest BCUT2D eigenvalue weighted by atomic mass is 9.56. The Morgan fingerprint density at radius 1 is 0.842 bits per heavy atom. The Bertz CT molecular complexity index is 2350. The average molecular weight is 873 g/mol. The van der Waals surface area contributed by atoms with Crippen molar-refractivity contribution in [3.05, 3.63) is 125 Å². The van der Waals surface area contributed by atoms with Crippen LogP contribution in [0, 0.1) is 17.8 Å². The van der Waals surface area contributed by atoms with E-state index in [1.165, 1.54) is 11.0 Å². The largest absolute Gasteiger partial charge is 0.508 e. The lowest BCUT2D eigenvalue weighted by Gasteiger charge is -2.50. The summed E-state index contributed by atoms with van der Waals surface area (Å²) >= 11 is 18.0. The summed E-state index contributed by atoms with van der Waals surface area (Å²) in [5.41, 5.74) is 3.62. The van der Waals surface area contributed by atoms with Crippen molar-refractivity contribution in [3.8, 4) is 23.0 Å². The molecule has 6 unspecified atom stereocenters. The van der Waals surface area contributed by atoms with Crippen LogP contribution in [0.3, 0.4) is 0 Å². The Morgan fingerprint density at radius 2 is 1.58 bits per heavy atom. The van der Waals surface area contributed by atoms with Crippen molar-refractivity contribution in [2.45, 2.75) is 35.1 Å². The molecule has 0 bridgehead atoms. The van der Waals surface area contributed by atoms with E-state index in [9.17, 15) is 24.3 Å². The molecule has 2 heterocycles. The molecule has 2 aliphatic carbocycles.